The van der Waals surface area contributed by atoms with Crippen molar-refractivity contribution in [3.63, 3.8) is 0 Å². The summed E-state index contributed by atoms with van der Waals surface area (Å²) < 4.78 is 19.2. The molecule has 0 saturated carbocycles. The molecule has 1 fully saturated rings. The molecule has 0 bridgehead atoms. The number of piperidine rings is 1. The highest BCUT2D eigenvalue weighted by atomic mass is 19.1. The van der Waals surface area contributed by atoms with Gasteiger partial charge in [0, 0.05) is 24.9 Å². The summed E-state index contributed by atoms with van der Waals surface area (Å²) in [6, 6.07) is 15.8. The van der Waals surface area contributed by atoms with Gasteiger partial charge in [0.2, 0.25) is 0 Å². The average molecular weight is 369 g/mol. The van der Waals surface area contributed by atoms with Crippen molar-refractivity contribution in [2.24, 2.45) is 5.92 Å². The summed E-state index contributed by atoms with van der Waals surface area (Å²) in [6.07, 6.45) is 0.903. The number of carbonyl (C=O) groups is 2. The van der Waals surface area contributed by atoms with Crippen LogP contribution in [0.25, 0.3) is 0 Å². The van der Waals surface area contributed by atoms with Crippen molar-refractivity contribution in [3.05, 3.63) is 71.5 Å². The monoisotopic (exact) mass is 369 g/mol. The van der Waals surface area contributed by atoms with Gasteiger partial charge in [-0.05, 0) is 37.0 Å². The Balaban J connectivity index is 1.51. The standard InChI is InChI=1S/C22H24FNO3/c1-16-13-19(21(25)14-18-9-5-6-10-20(18)23)11-12-24(16)22(26)27-15-17-7-3-2-4-8-17/h2-10,16,19H,11-15H2,1H3. The highest BCUT2D eigenvalue weighted by Crippen LogP contribution is 2.26. The second kappa shape index (κ2) is 8.80. The Kier molecular flexibility index (Phi) is 6.22. The van der Waals surface area contributed by atoms with Gasteiger partial charge in [0.25, 0.3) is 0 Å². The number of ketones is 1. The summed E-state index contributed by atoms with van der Waals surface area (Å²) in [5, 5.41) is 0. The summed E-state index contributed by atoms with van der Waals surface area (Å²) in [7, 11) is 0. The molecule has 0 spiro atoms. The summed E-state index contributed by atoms with van der Waals surface area (Å²) in [5.41, 5.74) is 1.37. The fraction of sp³-hybridized carbons (Fsp3) is 0.364. The zero-order valence-electron chi connectivity index (χ0n) is 15.4. The Labute approximate surface area is 158 Å². The van der Waals surface area contributed by atoms with Crippen LogP contribution in [0.2, 0.25) is 0 Å². The molecule has 0 aliphatic carbocycles. The topological polar surface area (TPSA) is 46.6 Å². The van der Waals surface area contributed by atoms with E-state index in [1.165, 1.54) is 6.07 Å². The van der Waals surface area contributed by atoms with E-state index in [0.29, 0.717) is 24.9 Å². The van der Waals surface area contributed by atoms with E-state index >= 15 is 0 Å². The minimum absolute atomic E-state index is 0.0317. The lowest BCUT2D eigenvalue weighted by Crippen LogP contribution is -2.46. The molecule has 142 valence electrons. The van der Waals surface area contributed by atoms with Crippen LogP contribution in [0.4, 0.5) is 9.18 Å². The zero-order valence-corrected chi connectivity index (χ0v) is 15.4. The third-order valence-corrected chi connectivity index (χ3v) is 5.09. The molecule has 2 aromatic carbocycles. The lowest BCUT2D eigenvalue weighted by molar-refractivity contribution is -0.124. The number of hydrogen-bond acceptors (Lipinski definition) is 3. The van der Waals surface area contributed by atoms with Crippen LogP contribution in [0, 0.1) is 11.7 Å². The maximum atomic E-state index is 13.8. The first kappa shape index (κ1) is 19.1. The quantitative estimate of drug-likeness (QED) is 0.786. The van der Waals surface area contributed by atoms with E-state index in [-0.39, 0.29) is 42.7 Å². The van der Waals surface area contributed by atoms with Gasteiger partial charge in [-0.3, -0.25) is 4.79 Å². The predicted molar refractivity (Wildman–Crippen MR) is 101 cm³/mol. The minimum Gasteiger partial charge on any atom is -0.445 e. The van der Waals surface area contributed by atoms with Crippen LogP contribution in [-0.4, -0.2) is 29.4 Å². The molecule has 1 amide bonds. The first-order valence-electron chi connectivity index (χ1n) is 9.28. The Morgan fingerprint density at radius 1 is 1.11 bits per heavy atom. The molecular formula is C22H24FNO3. The van der Waals surface area contributed by atoms with Crippen molar-refractivity contribution in [2.45, 2.75) is 38.8 Å². The molecule has 0 radical (unpaired) electrons. The maximum absolute atomic E-state index is 13.8. The van der Waals surface area contributed by atoms with E-state index < -0.39 is 0 Å². The van der Waals surface area contributed by atoms with Crippen LogP contribution < -0.4 is 0 Å². The van der Waals surface area contributed by atoms with Crippen molar-refractivity contribution in [1.82, 2.24) is 4.90 Å². The molecule has 1 aliphatic rings. The molecule has 1 aliphatic heterocycles. The second-order valence-corrected chi connectivity index (χ2v) is 7.04. The Hall–Kier alpha value is -2.69. The number of ether oxygens (including phenoxy) is 1. The van der Waals surface area contributed by atoms with Gasteiger partial charge in [-0.15, -0.1) is 0 Å². The molecule has 1 saturated heterocycles. The number of amides is 1. The van der Waals surface area contributed by atoms with Crippen LogP contribution in [-0.2, 0) is 22.6 Å². The van der Waals surface area contributed by atoms with Gasteiger partial charge in [-0.2, -0.15) is 0 Å². The highest BCUT2D eigenvalue weighted by molar-refractivity contribution is 5.83. The van der Waals surface area contributed by atoms with Gasteiger partial charge in [0.1, 0.15) is 18.2 Å². The number of halogens is 1. The molecule has 2 aromatic rings. The first-order valence-corrected chi connectivity index (χ1v) is 9.28. The molecular weight excluding hydrogens is 345 g/mol. The summed E-state index contributed by atoms with van der Waals surface area (Å²) in [4.78, 5) is 26.6. The van der Waals surface area contributed by atoms with Crippen molar-refractivity contribution in [2.75, 3.05) is 6.54 Å². The normalized spacial score (nSPS) is 19.6. The molecule has 0 aromatic heterocycles. The van der Waals surface area contributed by atoms with E-state index in [1.54, 1.807) is 23.1 Å². The molecule has 27 heavy (non-hydrogen) atoms. The maximum Gasteiger partial charge on any atom is 0.410 e. The fourth-order valence-corrected chi connectivity index (χ4v) is 3.51. The number of benzene rings is 2. The van der Waals surface area contributed by atoms with Crippen molar-refractivity contribution >= 4 is 11.9 Å². The van der Waals surface area contributed by atoms with E-state index in [2.05, 4.69) is 0 Å². The number of hydrogen-bond donors (Lipinski definition) is 0. The van der Waals surface area contributed by atoms with Gasteiger partial charge >= 0.3 is 6.09 Å². The van der Waals surface area contributed by atoms with Crippen LogP contribution in [0.3, 0.4) is 0 Å². The molecule has 3 rings (SSSR count). The van der Waals surface area contributed by atoms with E-state index in [1.807, 2.05) is 37.3 Å². The average Bonchev–Trinajstić information content (AvgIpc) is 2.68. The first-order chi connectivity index (χ1) is 13.0. The second-order valence-electron chi connectivity index (χ2n) is 7.04. The van der Waals surface area contributed by atoms with Crippen molar-refractivity contribution in [1.29, 1.82) is 0 Å². The van der Waals surface area contributed by atoms with E-state index in [4.69, 9.17) is 4.74 Å². The molecule has 0 N–H and O–H groups in total. The van der Waals surface area contributed by atoms with Crippen molar-refractivity contribution in [3.8, 4) is 0 Å². The predicted octanol–water partition coefficient (Wildman–Crippen LogP) is 4.37. The van der Waals surface area contributed by atoms with Crippen LogP contribution in [0.5, 0.6) is 0 Å². The number of carbonyl (C=O) groups excluding carboxylic acids is 2. The van der Waals surface area contributed by atoms with Gasteiger partial charge < -0.3 is 9.64 Å². The third kappa shape index (κ3) is 4.94. The Morgan fingerprint density at radius 2 is 1.81 bits per heavy atom. The molecule has 2 atom stereocenters. The fourth-order valence-electron chi connectivity index (χ4n) is 3.51. The molecule has 4 nitrogen and oxygen atoms in total. The molecule has 5 heteroatoms. The number of nitrogens with zero attached hydrogens (tertiary/aromatic N) is 1. The van der Waals surface area contributed by atoms with E-state index in [0.717, 1.165) is 5.56 Å². The zero-order chi connectivity index (χ0) is 19.2. The summed E-state index contributed by atoms with van der Waals surface area (Å²) >= 11 is 0. The number of Topliss-reactive ketones (excluding diaryl/α,β-unsaturated/α-hetero) is 1. The van der Waals surface area contributed by atoms with Gasteiger partial charge in [0.05, 0.1) is 0 Å². The summed E-state index contributed by atoms with van der Waals surface area (Å²) in [6.45, 7) is 2.63. The van der Waals surface area contributed by atoms with Crippen LogP contribution in [0.1, 0.15) is 30.9 Å². The lowest BCUT2D eigenvalue weighted by Gasteiger charge is -2.36. The van der Waals surface area contributed by atoms with Crippen LogP contribution >= 0.6 is 0 Å². The highest BCUT2D eigenvalue weighted by Gasteiger charge is 2.33. The van der Waals surface area contributed by atoms with Gasteiger partial charge in [-0.25, -0.2) is 9.18 Å². The summed E-state index contributed by atoms with van der Waals surface area (Å²) in [5.74, 6) is -0.470. The van der Waals surface area contributed by atoms with Crippen molar-refractivity contribution < 1.29 is 18.7 Å². The smallest absolute Gasteiger partial charge is 0.410 e. The Morgan fingerprint density at radius 3 is 2.52 bits per heavy atom. The lowest BCUT2D eigenvalue weighted by atomic mass is 9.86. The largest absolute Gasteiger partial charge is 0.445 e. The van der Waals surface area contributed by atoms with Gasteiger partial charge in [-0.1, -0.05) is 48.5 Å². The minimum atomic E-state index is -0.355. The van der Waals surface area contributed by atoms with Crippen LogP contribution in [0.15, 0.2) is 54.6 Å². The van der Waals surface area contributed by atoms with Gasteiger partial charge in [0.15, 0.2) is 0 Å². The third-order valence-electron chi connectivity index (χ3n) is 5.09. The molecule has 2 unspecified atom stereocenters. The molecule has 1 heterocycles. The Bertz CT molecular complexity index is 793. The van der Waals surface area contributed by atoms with E-state index in [9.17, 15) is 14.0 Å². The SMILES string of the molecule is CC1CC(C(=O)Cc2ccccc2F)CCN1C(=O)OCc1ccccc1. The number of likely N-dealkylation sites (tertiary alicyclic amines) is 1. The number of rotatable bonds is 5.